The fraction of sp³-hybridized carbons (Fsp3) is 0.455. The van der Waals surface area contributed by atoms with Gasteiger partial charge in [0.15, 0.2) is 0 Å². The molecule has 1 saturated carbocycles. The van der Waals surface area contributed by atoms with E-state index in [-0.39, 0.29) is 22.7 Å². The number of benzene rings is 1. The van der Waals surface area contributed by atoms with Crippen LogP contribution in [0.2, 0.25) is 0 Å². The van der Waals surface area contributed by atoms with E-state index in [4.69, 9.17) is 11.5 Å². The number of phenolic OH excluding ortho intramolecular Hbond substituents is 1. The third-order valence-corrected chi connectivity index (χ3v) is 5.30. The van der Waals surface area contributed by atoms with Gasteiger partial charge < -0.3 is 16.6 Å². The summed E-state index contributed by atoms with van der Waals surface area (Å²) < 4.78 is 27.2. The topological polar surface area (TPSA) is 111 Å². The van der Waals surface area contributed by atoms with Crippen LogP contribution in [0.15, 0.2) is 23.0 Å². The third-order valence-electron chi connectivity index (χ3n) is 5.30. The molecule has 0 bridgehead atoms. The van der Waals surface area contributed by atoms with E-state index in [0.29, 0.717) is 29.7 Å². The molecule has 1 fully saturated rings. The van der Waals surface area contributed by atoms with Gasteiger partial charge in [-0.1, -0.05) is 19.9 Å². The molecule has 1 heterocycles. The van der Waals surface area contributed by atoms with Gasteiger partial charge >= 0.3 is 0 Å². The number of nitrogens with zero attached hydrogens (tertiary/aromatic N) is 1. The number of aromatic nitrogens is 1. The molecule has 2 aromatic rings. The Balaban J connectivity index is 0.00000113. The first-order valence-corrected chi connectivity index (χ1v) is 10.9. The van der Waals surface area contributed by atoms with Gasteiger partial charge in [0.1, 0.15) is 11.6 Å². The van der Waals surface area contributed by atoms with Crippen molar-refractivity contribution in [3.05, 3.63) is 50.8 Å². The predicted octanol–water partition coefficient (Wildman–Crippen LogP) is 4.10. The number of hydrogen-bond acceptors (Lipinski definition) is 5. The van der Waals surface area contributed by atoms with Gasteiger partial charge in [-0.15, -0.1) is 0 Å². The molecule has 0 unspecified atom stereocenters. The lowest BCUT2D eigenvalue weighted by Crippen LogP contribution is -2.33. The third kappa shape index (κ3) is 5.20. The lowest BCUT2D eigenvalue weighted by molar-refractivity contribution is 0.100. The monoisotopic (exact) mass is 455 g/mol. The molecule has 0 spiro atoms. The number of nitrogens with two attached hydrogens (primary N) is 2. The van der Waals surface area contributed by atoms with Crippen LogP contribution >= 0.6 is 12.6 Å². The van der Waals surface area contributed by atoms with Crippen LogP contribution in [0.25, 0.3) is 5.69 Å². The SMILES string of the molecule is CC.CS.Cc1ccc(O)c(C)c1-n1c(N)c(C(N)=O)cc(C2(CC(F)F)CC2)c1=O. The van der Waals surface area contributed by atoms with Crippen LogP contribution in [-0.4, -0.2) is 28.3 Å². The van der Waals surface area contributed by atoms with E-state index in [9.17, 15) is 23.5 Å². The Bertz CT molecular complexity index is 1000. The normalized spacial score (nSPS) is 13.6. The number of nitrogen functional groups attached to an aromatic ring is 1. The van der Waals surface area contributed by atoms with Gasteiger partial charge in [-0.3, -0.25) is 14.2 Å². The zero-order valence-electron chi connectivity index (χ0n) is 18.5. The van der Waals surface area contributed by atoms with Crippen molar-refractivity contribution in [2.45, 2.75) is 58.8 Å². The quantitative estimate of drug-likeness (QED) is 0.509. The number of rotatable bonds is 5. The second kappa shape index (κ2) is 10.7. The number of halogens is 2. The summed E-state index contributed by atoms with van der Waals surface area (Å²) in [6.07, 6.45) is -0.513. The van der Waals surface area contributed by atoms with Gasteiger partial charge in [0.25, 0.3) is 11.5 Å². The van der Waals surface area contributed by atoms with Crippen molar-refractivity contribution in [2.24, 2.45) is 5.73 Å². The fourth-order valence-electron chi connectivity index (χ4n) is 3.63. The van der Waals surface area contributed by atoms with Crippen LogP contribution in [-0.2, 0) is 5.41 Å². The van der Waals surface area contributed by atoms with E-state index < -0.39 is 29.7 Å². The summed E-state index contributed by atoms with van der Waals surface area (Å²) in [7, 11) is 0. The minimum Gasteiger partial charge on any atom is -0.508 e. The number of hydrogen-bond donors (Lipinski definition) is 4. The molecule has 1 amide bonds. The number of phenols is 1. The second-order valence-corrected chi connectivity index (χ2v) is 7.11. The molecule has 3 rings (SSSR count). The van der Waals surface area contributed by atoms with Crippen LogP contribution in [0.4, 0.5) is 14.6 Å². The maximum Gasteiger partial charge on any atom is 0.260 e. The number of aryl methyl sites for hydroxylation is 1. The standard InChI is InChI=1S/C19H21F2N3O3.C2H6.CH4S/c1-9-3-4-13(25)10(2)15(9)24-16(22)11(17(23)26)7-12(18(24)27)19(5-6-19)8-14(20)21;2*1-2/h3-4,7,14,25H,5-6,8,22H2,1-2H3,(H2,23,26);1-2H3;2H,1H3. The Labute approximate surface area is 186 Å². The van der Waals surface area contributed by atoms with Crippen molar-refractivity contribution >= 4 is 24.4 Å². The minimum atomic E-state index is -2.58. The fourth-order valence-corrected chi connectivity index (χ4v) is 3.63. The molecule has 0 radical (unpaired) electrons. The Morgan fingerprint density at radius 1 is 1.26 bits per heavy atom. The number of carbonyl (C=O) groups excluding carboxylic acids is 1. The largest absolute Gasteiger partial charge is 0.508 e. The number of primary amides is 1. The highest BCUT2D eigenvalue weighted by atomic mass is 32.1. The summed E-state index contributed by atoms with van der Waals surface area (Å²) in [6, 6.07) is 4.33. The van der Waals surface area contributed by atoms with Crippen molar-refractivity contribution in [1.29, 1.82) is 0 Å². The van der Waals surface area contributed by atoms with E-state index in [2.05, 4.69) is 12.6 Å². The molecule has 31 heavy (non-hydrogen) atoms. The zero-order valence-corrected chi connectivity index (χ0v) is 19.4. The van der Waals surface area contributed by atoms with Crippen molar-refractivity contribution in [2.75, 3.05) is 12.0 Å². The lowest BCUT2D eigenvalue weighted by atomic mass is 9.91. The molecule has 1 aliphatic carbocycles. The maximum atomic E-state index is 13.3. The van der Waals surface area contributed by atoms with E-state index in [1.54, 1.807) is 26.2 Å². The smallest absolute Gasteiger partial charge is 0.260 e. The summed E-state index contributed by atoms with van der Waals surface area (Å²) in [6.45, 7) is 7.32. The highest BCUT2D eigenvalue weighted by Gasteiger charge is 2.48. The summed E-state index contributed by atoms with van der Waals surface area (Å²) >= 11 is 3.53. The Hall–Kier alpha value is -2.55. The first-order chi connectivity index (χ1) is 14.6. The van der Waals surface area contributed by atoms with Gasteiger partial charge in [-0.2, -0.15) is 12.6 Å². The Morgan fingerprint density at radius 3 is 2.26 bits per heavy atom. The maximum absolute atomic E-state index is 13.3. The summed E-state index contributed by atoms with van der Waals surface area (Å²) in [4.78, 5) is 25.2. The molecular formula is C22H31F2N3O3S. The Morgan fingerprint density at radius 2 is 1.81 bits per heavy atom. The van der Waals surface area contributed by atoms with Crippen molar-refractivity contribution in [3.8, 4) is 11.4 Å². The van der Waals surface area contributed by atoms with Gasteiger partial charge in [0.05, 0.1) is 11.3 Å². The molecule has 1 aromatic heterocycles. The van der Waals surface area contributed by atoms with Crippen molar-refractivity contribution in [3.63, 3.8) is 0 Å². The number of alkyl halides is 2. The minimum absolute atomic E-state index is 0.0540. The number of thiol groups is 1. The number of aromatic hydroxyl groups is 1. The van der Waals surface area contributed by atoms with Crippen LogP contribution < -0.4 is 17.0 Å². The molecule has 9 heteroatoms. The molecule has 0 aliphatic heterocycles. The predicted molar refractivity (Wildman–Crippen MR) is 124 cm³/mol. The van der Waals surface area contributed by atoms with Crippen molar-refractivity contribution < 1.29 is 18.7 Å². The second-order valence-electron chi connectivity index (χ2n) is 7.11. The molecule has 1 aliphatic rings. The molecule has 1 aromatic carbocycles. The van der Waals surface area contributed by atoms with E-state index in [1.165, 1.54) is 12.1 Å². The molecular weight excluding hydrogens is 424 g/mol. The first kappa shape index (κ1) is 26.5. The summed E-state index contributed by atoms with van der Waals surface area (Å²) in [5.74, 6) is -1.09. The number of pyridine rings is 1. The van der Waals surface area contributed by atoms with Gasteiger partial charge in [0.2, 0.25) is 6.43 Å². The highest BCUT2D eigenvalue weighted by Crippen LogP contribution is 2.51. The van der Waals surface area contributed by atoms with Gasteiger partial charge in [0, 0.05) is 23.0 Å². The van der Waals surface area contributed by atoms with Crippen LogP contribution in [0, 0.1) is 13.8 Å². The highest BCUT2D eigenvalue weighted by molar-refractivity contribution is 7.79. The Kier molecular flexibility index (Phi) is 9.10. The van der Waals surface area contributed by atoms with E-state index in [1.807, 2.05) is 13.8 Å². The van der Waals surface area contributed by atoms with Gasteiger partial charge in [-0.25, -0.2) is 8.78 Å². The average molecular weight is 456 g/mol. The lowest BCUT2D eigenvalue weighted by Gasteiger charge is -2.22. The molecule has 172 valence electrons. The number of anilines is 1. The van der Waals surface area contributed by atoms with Crippen LogP contribution in [0.1, 0.15) is 60.2 Å². The number of carbonyl (C=O) groups is 1. The molecule has 6 nitrogen and oxygen atoms in total. The van der Waals surface area contributed by atoms with Gasteiger partial charge in [-0.05, 0) is 50.6 Å². The summed E-state index contributed by atoms with van der Waals surface area (Å²) in [5.41, 5.74) is 11.3. The summed E-state index contributed by atoms with van der Waals surface area (Å²) in [5, 5.41) is 10.1. The van der Waals surface area contributed by atoms with E-state index >= 15 is 0 Å². The number of amides is 1. The van der Waals surface area contributed by atoms with Crippen LogP contribution in [0.5, 0.6) is 5.75 Å². The molecule has 5 N–H and O–H groups in total. The first-order valence-electron chi connectivity index (χ1n) is 9.97. The average Bonchev–Trinajstić information content (AvgIpc) is 3.49. The molecule has 0 atom stereocenters. The zero-order chi connectivity index (χ0) is 24.1. The van der Waals surface area contributed by atoms with Crippen molar-refractivity contribution in [1.82, 2.24) is 4.57 Å². The molecule has 0 saturated heterocycles. The van der Waals surface area contributed by atoms with E-state index in [0.717, 1.165) is 4.57 Å². The van der Waals surface area contributed by atoms with Crippen LogP contribution in [0.3, 0.4) is 0 Å².